The molecule has 0 heterocycles. The molecule has 3 nitrogen and oxygen atoms in total. The first-order chi connectivity index (χ1) is 13.9. The van der Waals surface area contributed by atoms with Crippen LogP contribution in [-0.2, 0) is 24.7 Å². The quantitative estimate of drug-likeness (QED) is 0.229. The first-order valence-electron chi connectivity index (χ1n) is 7.58. The molecular formula is C16H6F12KN3. The van der Waals surface area contributed by atoms with E-state index >= 15 is 0 Å². The van der Waals surface area contributed by atoms with Crippen LogP contribution >= 0.6 is 0 Å². The molecule has 32 heavy (non-hydrogen) atoms. The number of benzene rings is 2. The van der Waals surface area contributed by atoms with Crippen LogP contribution in [0.15, 0.2) is 46.7 Å². The van der Waals surface area contributed by atoms with Crippen molar-refractivity contribution in [1.29, 1.82) is 0 Å². The average molecular weight is 507 g/mol. The zero-order valence-electron chi connectivity index (χ0n) is 15.3. The van der Waals surface area contributed by atoms with Crippen LogP contribution in [0.3, 0.4) is 0 Å². The fourth-order valence-corrected chi connectivity index (χ4v) is 2.12. The van der Waals surface area contributed by atoms with Gasteiger partial charge in [0.15, 0.2) is 0 Å². The van der Waals surface area contributed by atoms with Crippen LogP contribution < -0.4 is 51.4 Å². The normalized spacial score (nSPS) is 13.2. The molecule has 0 saturated carbocycles. The second kappa shape index (κ2) is 9.86. The SMILES string of the molecule is FC(F)(F)c1cc(N=N[N-]c2cc(C(F)(F)F)cc(C(F)(F)F)c2)cc(C(F)(F)F)c1.[K+]. The molecule has 0 aliphatic rings. The van der Waals surface area contributed by atoms with Crippen molar-refractivity contribution in [3.63, 3.8) is 0 Å². The molecule has 0 amide bonds. The van der Waals surface area contributed by atoms with Gasteiger partial charge in [0.1, 0.15) is 0 Å². The van der Waals surface area contributed by atoms with Gasteiger partial charge in [0.05, 0.1) is 22.3 Å². The Hall–Kier alpha value is -1.36. The third kappa shape index (κ3) is 7.89. The standard InChI is InChI=1S/C16H6F12N3.K/c17-13(18,19)7-1-8(14(20,21)22)4-11(3-7)29-31-30-12-5-9(15(23,24)25)2-10(6-12)16(26,27)28;/h1-6H;/q-1;+1. The minimum Gasteiger partial charge on any atom is -0.350 e. The van der Waals surface area contributed by atoms with Crippen LogP contribution in [0.2, 0.25) is 0 Å². The van der Waals surface area contributed by atoms with Crippen LogP contribution in [0.4, 0.5) is 64.1 Å². The predicted molar refractivity (Wildman–Crippen MR) is 80.4 cm³/mol. The van der Waals surface area contributed by atoms with Crippen LogP contribution in [0.1, 0.15) is 22.3 Å². The maximum Gasteiger partial charge on any atom is 1.00 e. The van der Waals surface area contributed by atoms with Gasteiger partial charge >= 0.3 is 76.1 Å². The molecule has 0 radical (unpaired) electrons. The summed E-state index contributed by atoms with van der Waals surface area (Å²) in [7, 11) is 0. The van der Waals surface area contributed by atoms with E-state index in [2.05, 4.69) is 15.8 Å². The number of hydrogen-bond donors (Lipinski definition) is 0. The summed E-state index contributed by atoms with van der Waals surface area (Å²) in [4.78, 5) is 0. The van der Waals surface area contributed by atoms with Crippen LogP contribution in [-0.4, -0.2) is 0 Å². The molecule has 0 aliphatic heterocycles. The molecule has 0 atom stereocenters. The Morgan fingerprint density at radius 1 is 0.500 bits per heavy atom. The molecule has 0 fully saturated rings. The second-order valence-electron chi connectivity index (χ2n) is 5.82. The predicted octanol–water partition coefficient (Wildman–Crippen LogP) is 5.47. The molecule has 0 aliphatic carbocycles. The van der Waals surface area contributed by atoms with Crippen LogP contribution in [0, 0.1) is 0 Å². The van der Waals surface area contributed by atoms with E-state index in [-0.39, 0.29) is 87.8 Å². The average Bonchev–Trinajstić information content (AvgIpc) is 2.58. The van der Waals surface area contributed by atoms with E-state index in [0.717, 1.165) is 0 Å². The Kier molecular flexibility index (Phi) is 8.84. The van der Waals surface area contributed by atoms with Crippen molar-refractivity contribution in [3.05, 3.63) is 64.1 Å². The number of nitrogens with zero attached hydrogens (tertiary/aromatic N) is 3. The number of alkyl halides is 12. The fraction of sp³-hybridized carbons (Fsp3) is 0.250. The van der Waals surface area contributed by atoms with E-state index in [1.165, 1.54) is 0 Å². The van der Waals surface area contributed by atoms with Crippen molar-refractivity contribution in [2.75, 3.05) is 0 Å². The van der Waals surface area contributed by atoms with E-state index in [4.69, 9.17) is 0 Å². The van der Waals surface area contributed by atoms with Gasteiger partial charge in [0.25, 0.3) is 0 Å². The molecule has 0 aromatic heterocycles. The van der Waals surface area contributed by atoms with Gasteiger partial charge < -0.3 is 10.5 Å². The van der Waals surface area contributed by atoms with Crippen molar-refractivity contribution >= 4 is 11.4 Å². The van der Waals surface area contributed by atoms with E-state index in [1.54, 1.807) is 0 Å². The summed E-state index contributed by atoms with van der Waals surface area (Å²) in [6, 6.07) is 0.142. The maximum atomic E-state index is 12.8. The third-order valence-electron chi connectivity index (χ3n) is 3.47. The zero-order chi connectivity index (χ0) is 23.8. The van der Waals surface area contributed by atoms with Crippen LogP contribution in [0.25, 0.3) is 5.43 Å². The van der Waals surface area contributed by atoms with Gasteiger partial charge in [0.2, 0.25) is 0 Å². The summed E-state index contributed by atoms with van der Waals surface area (Å²) in [5.41, 5.74) is -6.16. The number of rotatable bonds is 3. The number of hydrogen-bond acceptors (Lipinski definition) is 2. The minimum absolute atomic E-state index is 0. The molecule has 2 aromatic rings. The van der Waals surface area contributed by atoms with Crippen molar-refractivity contribution in [2.24, 2.45) is 10.3 Å². The van der Waals surface area contributed by atoms with Crippen molar-refractivity contribution in [2.45, 2.75) is 24.7 Å². The van der Waals surface area contributed by atoms with Gasteiger partial charge in [-0.05, 0) is 47.8 Å². The molecule has 2 aromatic carbocycles. The van der Waals surface area contributed by atoms with Gasteiger partial charge in [-0.15, -0.1) is 0 Å². The van der Waals surface area contributed by atoms with E-state index in [1.807, 2.05) is 0 Å². The fourth-order valence-electron chi connectivity index (χ4n) is 2.12. The summed E-state index contributed by atoms with van der Waals surface area (Å²) in [6.07, 6.45) is -20.8. The second-order valence-corrected chi connectivity index (χ2v) is 5.82. The van der Waals surface area contributed by atoms with Crippen LogP contribution in [0.5, 0.6) is 0 Å². The molecule has 170 valence electrons. The zero-order valence-corrected chi connectivity index (χ0v) is 18.5. The van der Waals surface area contributed by atoms with Crippen molar-refractivity contribution < 1.29 is 104 Å². The molecule has 0 bridgehead atoms. The Bertz CT molecular complexity index is 910. The number of halogens is 12. The summed E-state index contributed by atoms with van der Waals surface area (Å²) in [6.45, 7) is 0. The van der Waals surface area contributed by atoms with Gasteiger partial charge in [0, 0.05) is 0 Å². The molecular weight excluding hydrogens is 501 g/mol. The van der Waals surface area contributed by atoms with E-state index < -0.39 is 58.3 Å². The molecule has 16 heteroatoms. The first-order valence-corrected chi connectivity index (χ1v) is 7.58. The smallest absolute Gasteiger partial charge is 0.350 e. The van der Waals surface area contributed by atoms with Gasteiger partial charge in [-0.25, -0.2) is 0 Å². The summed E-state index contributed by atoms with van der Waals surface area (Å²) in [5.74, 6) is 0. The largest absolute Gasteiger partial charge is 1.00 e. The Morgan fingerprint density at radius 3 is 1.12 bits per heavy atom. The van der Waals surface area contributed by atoms with Gasteiger partial charge in [-0.1, -0.05) is 0 Å². The van der Waals surface area contributed by atoms with E-state index in [9.17, 15) is 52.7 Å². The van der Waals surface area contributed by atoms with Crippen molar-refractivity contribution in [1.82, 2.24) is 0 Å². The van der Waals surface area contributed by atoms with Crippen molar-refractivity contribution in [3.8, 4) is 0 Å². The molecule has 0 N–H and O–H groups in total. The third-order valence-corrected chi connectivity index (χ3v) is 3.47. The Labute approximate surface area is 213 Å². The van der Waals surface area contributed by atoms with Gasteiger partial charge in [-0.3, -0.25) is 5.22 Å². The topological polar surface area (TPSA) is 38.8 Å². The first kappa shape index (κ1) is 28.7. The molecule has 0 spiro atoms. The van der Waals surface area contributed by atoms with Gasteiger partial charge in [-0.2, -0.15) is 52.7 Å². The summed E-state index contributed by atoms with van der Waals surface area (Å²) >= 11 is 0. The monoisotopic (exact) mass is 507 g/mol. The maximum absolute atomic E-state index is 12.8. The Balaban J connectivity index is 0.00000512. The summed E-state index contributed by atoms with van der Waals surface area (Å²) in [5, 5.41) is 5.71. The minimum atomic E-state index is -5.20. The molecule has 0 saturated heterocycles. The van der Waals surface area contributed by atoms with E-state index in [0.29, 0.717) is 0 Å². The Morgan fingerprint density at radius 2 is 0.812 bits per heavy atom. The summed E-state index contributed by atoms with van der Waals surface area (Å²) < 4.78 is 153. The molecule has 2 rings (SSSR count). The molecule has 0 unspecified atom stereocenters.